The zero-order chi connectivity index (χ0) is 23.9. The summed E-state index contributed by atoms with van der Waals surface area (Å²) in [4.78, 5) is 65.4. The van der Waals surface area contributed by atoms with E-state index in [0.29, 0.717) is 17.5 Å². The highest BCUT2D eigenvalue weighted by Crippen LogP contribution is 2.36. The van der Waals surface area contributed by atoms with Crippen molar-refractivity contribution in [2.75, 3.05) is 6.54 Å². The van der Waals surface area contributed by atoms with Crippen LogP contribution < -0.4 is 0 Å². The van der Waals surface area contributed by atoms with E-state index >= 15 is 0 Å². The number of aliphatic carboxylic acids is 1. The Balaban J connectivity index is 1.60. The van der Waals surface area contributed by atoms with Gasteiger partial charge in [-0.05, 0) is 37.6 Å². The zero-order valence-corrected chi connectivity index (χ0v) is 18.1. The van der Waals surface area contributed by atoms with Crippen LogP contribution in [-0.2, 0) is 4.79 Å². The highest BCUT2D eigenvalue weighted by molar-refractivity contribution is 6.23. The maximum atomic E-state index is 13.0. The van der Waals surface area contributed by atoms with Crippen LogP contribution in [0.15, 0.2) is 60.7 Å². The molecule has 0 radical (unpaired) electrons. The van der Waals surface area contributed by atoms with Crippen molar-refractivity contribution in [3.05, 3.63) is 82.9 Å². The zero-order valence-electron chi connectivity index (χ0n) is 18.1. The smallest absolute Gasteiger partial charge is 0.330 e. The van der Waals surface area contributed by atoms with Crippen molar-refractivity contribution in [2.24, 2.45) is 5.92 Å². The molecule has 0 aliphatic carbocycles. The molecule has 4 amide bonds. The molecular weight excluding hydrogens is 424 g/mol. The van der Waals surface area contributed by atoms with E-state index in [9.17, 15) is 29.1 Å². The highest BCUT2D eigenvalue weighted by Gasteiger charge is 2.54. The molecule has 0 aromatic heterocycles. The molecule has 8 nitrogen and oxygen atoms in total. The van der Waals surface area contributed by atoms with E-state index in [-0.39, 0.29) is 17.7 Å². The molecule has 2 aromatic rings. The number of fused-ring (bicyclic) bond motifs is 2. The lowest BCUT2D eigenvalue weighted by Gasteiger charge is -2.38. The van der Waals surface area contributed by atoms with Crippen molar-refractivity contribution in [2.45, 2.75) is 25.8 Å². The van der Waals surface area contributed by atoms with Crippen LogP contribution in [0.4, 0.5) is 0 Å². The summed E-state index contributed by atoms with van der Waals surface area (Å²) in [5.41, 5.74) is -0.881. The molecule has 2 unspecified atom stereocenters. The highest BCUT2D eigenvalue weighted by atomic mass is 16.4. The summed E-state index contributed by atoms with van der Waals surface area (Å²) in [6.45, 7) is 3.04. The molecule has 0 bridgehead atoms. The molecule has 1 N–H and O–H groups in total. The lowest BCUT2D eigenvalue weighted by Crippen LogP contribution is -2.59. The van der Waals surface area contributed by atoms with Gasteiger partial charge in [0.15, 0.2) is 5.54 Å². The van der Waals surface area contributed by atoms with Gasteiger partial charge in [0.2, 0.25) is 0 Å². The second-order valence-corrected chi connectivity index (χ2v) is 8.15. The number of nitrogens with zero attached hydrogens (tertiary/aromatic N) is 2. The third-order valence-corrected chi connectivity index (χ3v) is 6.39. The topological polar surface area (TPSA) is 112 Å². The molecular formula is C25H22N2O6. The number of carbonyl (C=O) groups is 5. The van der Waals surface area contributed by atoms with Crippen molar-refractivity contribution in [1.82, 2.24) is 9.80 Å². The number of carbonyl (C=O) groups excluding carboxylic acids is 4. The standard InChI is InChI=1S/C25H22N2O6/c1-3-15(9-8-14-26-20(28)16-10-4-5-11-17(16)21(26)29)25(2,24(32)33)27-22(30)18-12-6-7-13-19(18)23(27)31/h4-13,15H,3,14H2,1-2H3,(H,32,33). The molecule has 8 heteroatoms. The fourth-order valence-electron chi connectivity index (χ4n) is 4.49. The molecule has 2 aromatic carbocycles. The molecule has 2 aliphatic heterocycles. The molecule has 4 rings (SSSR count). The van der Waals surface area contributed by atoms with Crippen LogP contribution in [0.25, 0.3) is 0 Å². The van der Waals surface area contributed by atoms with Crippen molar-refractivity contribution in [3.63, 3.8) is 0 Å². The Kier molecular flexibility index (Phi) is 5.45. The molecule has 2 heterocycles. The molecule has 0 saturated carbocycles. The van der Waals surface area contributed by atoms with Gasteiger partial charge >= 0.3 is 5.97 Å². The number of hydrogen-bond donors (Lipinski definition) is 1. The van der Waals surface area contributed by atoms with Crippen LogP contribution in [-0.4, -0.2) is 56.6 Å². The molecule has 168 valence electrons. The third-order valence-electron chi connectivity index (χ3n) is 6.39. The Morgan fingerprint density at radius 1 is 0.879 bits per heavy atom. The second kappa shape index (κ2) is 8.12. The van der Waals surface area contributed by atoms with Crippen LogP contribution in [0.5, 0.6) is 0 Å². The van der Waals surface area contributed by atoms with Gasteiger partial charge in [-0.25, -0.2) is 4.79 Å². The van der Waals surface area contributed by atoms with E-state index in [1.54, 1.807) is 49.4 Å². The Hall–Kier alpha value is -4.07. The fourth-order valence-corrected chi connectivity index (χ4v) is 4.49. The largest absolute Gasteiger partial charge is 0.479 e. The first kappa shape index (κ1) is 22.1. The lowest BCUT2D eigenvalue weighted by atomic mass is 9.81. The lowest BCUT2D eigenvalue weighted by molar-refractivity contribution is -0.149. The fraction of sp³-hybridized carbons (Fsp3) is 0.240. The average molecular weight is 446 g/mol. The molecule has 33 heavy (non-hydrogen) atoms. The molecule has 2 aliphatic rings. The Bertz CT molecular complexity index is 1160. The first-order valence-corrected chi connectivity index (χ1v) is 10.6. The summed E-state index contributed by atoms with van der Waals surface area (Å²) >= 11 is 0. The minimum Gasteiger partial charge on any atom is -0.479 e. The predicted octanol–water partition coefficient (Wildman–Crippen LogP) is 3.00. The summed E-state index contributed by atoms with van der Waals surface area (Å²) in [7, 11) is 0. The van der Waals surface area contributed by atoms with Gasteiger partial charge in [0, 0.05) is 12.5 Å². The number of imide groups is 2. The SMILES string of the molecule is CCC(C=CCN1C(=O)c2ccccc2C1=O)C(C)(C(=O)O)N1C(=O)c2ccccc2C1=O. The van der Waals surface area contributed by atoms with Gasteiger partial charge in [-0.1, -0.05) is 43.3 Å². The van der Waals surface area contributed by atoms with E-state index < -0.39 is 41.1 Å². The van der Waals surface area contributed by atoms with Crippen LogP contribution in [0.2, 0.25) is 0 Å². The first-order valence-electron chi connectivity index (χ1n) is 10.6. The molecule has 2 atom stereocenters. The normalized spacial score (nSPS) is 18.0. The van der Waals surface area contributed by atoms with E-state index in [0.717, 1.165) is 9.80 Å². The monoisotopic (exact) mass is 446 g/mol. The van der Waals surface area contributed by atoms with Gasteiger partial charge in [-0.2, -0.15) is 0 Å². The average Bonchev–Trinajstić information content (AvgIpc) is 3.21. The van der Waals surface area contributed by atoms with Gasteiger partial charge in [-0.15, -0.1) is 0 Å². The summed E-state index contributed by atoms with van der Waals surface area (Å²) in [5, 5.41) is 10.1. The van der Waals surface area contributed by atoms with E-state index in [4.69, 9.17) is 0 Å². The number of carboxylic acids is 1. The number of amides is 4. The Labute approximate surface area is 190 Å². The van der Waals surface area contributed by atoms with Crippen LogP contribution >= 0.6 is 0 Å². The number of rotatable bonds is 7. The van der Waals surface area contributed by atoms with Gasteiger partial charge < -0.3 is 5.11 Å². The molecule has 0 spiro atoms. The molecule has 0 saturated heterocycles. The van der Waals surface area contributed by atoms with Gasteiger partial charge in [0.05, 0.1) is 22.3 Å². The minimum atomic E-state index is -1.86. The first-order chi connectivity index (χ1) is 15.7. The maximum Gasteiger partial charge on any atom is 0.330 e. The van der Waals surface area contributed by atoms with Crippen LogP contribution in [0, 0.1) is 5.92 Å². The number of carboxylic acid groups (broad SMARTS) is 1. The summed E-state index contributed by atoms with van der Waals surface area (Å²) in [6.07, 6.45) is 3.39. The number of benzene rings is 2. The van der Waals surface area contributed by atoms with Crippen LogP contribution in [0.3, 0.4) is 0 Å². The van der Waals surface area contributed by atoms with E-state index in [1.807, 2.05) is 0 Å². The van der Waals surface area contributed by atoms with Crippen LogP contribution in [0.1, 0.15) is 61.7 Å². The van der Waals surface area contributed by atoms with Crippen molar-refractivity contribution < 1.29 is 29.1 Å². The van der Waals surface area contributed by atoms with E-state index in [2.05, 4.69) is 0 Å². The van der Waals surface area contributed by atoms with Crippen molar-refractivity contribution in [1.29, 1.82) is 0 Å². The van der Waals surface area contributed by atoms with Gasteiger partial charge in [-0.3, -0.25) is 29.0 Å². The predicted molar refractivity (Wildman–Crippen MR) is 118 cm³/mol. The molecule has 0 fully saturated rings. The summed E-state index contributed by atoms with van der Waals surface area (Å²) < 4.78 is 0. The Morgan fingerprint density at radius 2 is 1.30 bits per heavy atom. The second-order valence-electron chi connectivity index (χ2n) is 8.15. The summed E-state index contributed by atoms with van der Waals surface area (Å²) in [5.74, 6) is -4.24. The van der Waals surface area contributed by atoms with Gasteiger partial charge in [0.25, 0.3) is 23.6 Å². The van der Waals surface area contributed by atoms with E-state index in [1.165, 1.54) is 25.1 Å². The maximum absolute atomic E-state index is 13.0. The third kappa shape index (κ3) is 3.26. The van der Waals surface area contributed by atoms with Crippen molar-refractivity contribution >= 4 is 29.6 Å². The van der Waals surface area contributed by atoms with Gasteiger partial charge in [0.1, 0.15) is 0 Å². The minimum absolute atomic E-state index is 0.0549. The summed E-state index contributed by atoms with van der Waals surface area (Å²) in [6, 6.07) is 12.7. The Morgan fingerprint density at radius 3 is 1.70 bits per heavy atom. The quantitative estimate of drug-likeness (QED) is 0.517. The number of hydrogen-bond acceptors (Lipinski definition) is 5. The van der Waals surface area contributed by atoms with Crippen molar-refractivity contribution in [3.8, 4) is 0 Å².